The van der Waals surface area contributed by atoms with Gasteiger partial charge in [-0.05, 0) is 32.0 Å². The summed E-state index contributed by atoms with van der Waals surface area (Å²) in [4.78, 5) is 12.8. The molecule has 0 fully saturated rings. The van der Waals surface area contributed by atoms with Gasteiger partial charge in [-0.3, -0.25) is 4.79 Å². The molecule has 0 aliphatic carbocycles. The Morgan fingerprint density at radius 1 is 0.960 bits per heavy atom. The minimum absolute atomic E-state index is 0.00602. The van der Waals surface area contributed by atoms with Gasteiger partial charge in [0, 0.05) is 17.7 Å². The minimum Gasteiger partial charge on any atom is -0.508 e. The van der Waals surface area contributed by atoms with Gasteiger partial charge in [-0.25, -0.2) is 0 Å². The van der Waals surface area contributed by atoms with Crippen molar-refractivity contribution in [3.8, 4) is 40.1 Å². The second kappa shape index (κ2) is 5.94. The molecule has 0 radical (unpaired) electrons. The van der Waals surface area contributed by atoms with Gasteiger partial charge in [0.2, 0.25) is 11.2 Å². The molecule has 130 valence electrons. The van der Waals surface area contributed by atoms with Gasteiger partial charge in [-0.15, -0.1) is 0 Å². The predicted octanol–water partition coefficient (Wildman–Crippen LogP) is 3.07. The van der Waals surface area contributed by atoms with E-state index in [-0.39, 0.29) is 45.6 Å². The summed E-state index contributed by atoms with van der Waals surface area (Å²) in [6, 6.07) is 6.13. The highest BCUT2D eigenvalue weighted by atomic mass is 16.5. The van der Waals surface area contributed by atoms with E-state index < -0.39 is 16.9 Å². The standard InChI is InChI=1S/C18H16O7/c1-8(2)24-18-16(23)15-13(22)6-10(19)7-14(15)25-17(18)9-3-4-11(20)12(21)5-9/h3-8,19-22H,1-2H3. The molecule has 0 unspecified atom stereocenters. The van der Waals surface area contributed by atoms with Crippen molar-refractivity contribution in [2.75, 3.05) is 0 Å². The van der Waals surface area contributed by atoms with E-state index in [1.54, 1.807) is 13.8 Å². The molecule has 0 saturated carbocycles. The Balaban J connectivity index is 2.39. The van der Waals surface area contributed by atoms with Crippen LogP contribution >= 0.6 is 0 Å². The maximum atomic E-state index is 12.8. The van der Waals surface area contributed by atoms with Crippen LogP contribution in [0.5, 0.6) is 28.7 Å². The Hall–Kier alpha value is -3.35. The van der Waals surface area contributed by atoms with Crippen LogP contribution in [0.3, 0.4) is 0 Å². The lowest BCUT2D eigenvalue weighted by molar-refractivity contribution is 0.236. The lowest BCUT2D eigenvalue weighted by atomic mass is 10.1. The van der Waals surface area contributed by atoms with Crippen LogP contribution < -0.4 is 10.2 Å². The van der Waals surface area contributed by atoms with Gasteiger partial charge >= 0.3 is 0 Å². The molecule has 0 bridgehead atoms. The molecular weight excluding hydrogens is 328 g/mol. The van der Waals surface area contributed by atoms with Crippen LogP contribution in [0.15, 0.2) is 39.5 Å². The van der Waals surface area contributed by atoms with E-state index in [1.807, 2.05) is 0 Å². The molecule has 0 aliphatic rings. The fraction of sp³-hybridized carbons (Fsp3) is 0.167. The van der Waals surface area contributed by atoms with Crippen LogP contribution in [-0.4, -0.2) is 26.5 Å². The molecule has 7 nitrogen and oxygen atoms in total. The third kappa shape index (κ3) is 2.91. The summed E-state index contributed by atoms with van der Waals surface area (Å²) in [7, 11) is 0. The molecule has 3 aromatic rings. The molecule has 0 aliphatic heterocycles. The van der Waals surface area contributed by atoms with Crippen molar-refractivity contribution < 1.29 is 29.6 Å². The number of ether oxygens (including phenoxy) is 1. The molecular formula is C18H16O7. The lowest BCUT2D eigenvalue weighted by Crippen LogP contribution is -2.15. The number of benzene rings is 2. The summed E-state index contributed by atoms with van der Waals surface area (Å²) < 4.78 is 11.2. The molecule has 0 saturated heterocycles. The zero-order valence-electron chi connectivity index (χ0n) is 13.5. The molecule has 4 N–H and O–H groups in total. The van der Waals surface area contributed by atoms with Crippen LogP contribution in [0, 0.1) is 0 Å². The average molecular weight is 344 g/mol. The van der Waals surface area contributed by atoms with Crippen molar-refractivity contribution in [3.05, 3.63) is 40.6 Å². The largest absolute Gasteiger partial charge is 0.508 e. The van der Waals surface area contributed by atoms with Crippen molar-refractivity contribution in [3.63, 3.8) is 0 Å². The van der Waals surface area contributed by atoms with E-state index in [0.717, 1.165) is 6.07 Å². The molecule has 7 heteroatoms. The van der Waals surface area contributed by atoms with Crippen LogP contribution in [0.2, 0.25) is 0 Å². The number of hydrogen-bond donors (Lipinski definition) is 4. The molecule has 3 rings (SSSR count). The Morgan fingerprint density at radius 2 is 1.68 bits per heavy atom. The smallest absolute Gasteiger partial charge is 0.239 e. The number of rotatable bonds is 3. The molecule has 0 spiro atoms. The molecule has 1 aromatic heterocycles. The van der Waals surface area contributed by atoms with E-state index in [2.05, 4.69) is 0 Å². The second-order valence-corrected chi connectivity index (χ2v) is 5.80. The Bertz CT molecular complexity index is 1020. The average Bonchev–Trinajstić information content (AvgIpc) is 2.51. The SMILES string of the molecule is CC(C)Oc1c(-c2ccc(O)c(O)c2)oc2cc(O)cc(O)c2c1=O. The van der Waals surface area contributed by atoms with Gasteiger partial charge < -0.3 is 29.6 Å². The van der Waals surface area contributed by atoms with Crippen molar-refractivity contribution in [1.82, 2.24) is 0 Å². The molecule has 25 heavy (non-hydrogen) atoms. The maximum Gasteiger partial charge on any atom is 0.239 e. The highest BCUT2D eigenvalue weighted by Gasteiger charge is 2.22. The van der Waals surface area contributed by atoms with Crippen LogP contribution in [0.1, 0.15) is 13.8 Å². The summed E-state index contributed by atoms with van der Waals surface area (Å²) >= 11 is 0. The van der Waals surface area contributed by atoms with Crippen molar-refractivity contribution in [2.24, 2.45) is 0 Å². The quantitative estimate of drug-likeness (QED) is 0.539. The fourth-order valence-corrected chi connectivity index (χ4v) is 2.47. The van der Waals surface area contributed by atoms with Gasteiger partial charge in [-0.1, -0.05) is 0 Å². The number of aromatic hydroxyl groups is 4. The molecule has 2 aromatic carbocycles. The van der Waals surface area contributed by atoms with Gasteiger partial charge in [0.1, 0.15) is 22.5 Å². The first kappa shape index (κ1) is 16.5. The molecule has 0 amide bonds. The van der Waals surface area contributed by atoms with Gasteiger partial charge in [0.05, 0.1) is 6.10 Å². The number of phenolic OH excluding ortho intramolecular Hbond substituents is 4. The van der Waals surface area contributed by atoms with Crippen molar-refractivity contribution >= 4 is 11.0 Å². The minimum atomic E-state index is -0.616. The number of fused-ring (bicyclic) bond motifs is 1. The summed E-state index contributed by atoms with van der Waals surface area (Å²) in [5, 5.41) is 38.7. The van der Waals surface area contributed by atoms with E-state index in [9.17, 15) is 25.2 Å². The summed E-state index contributed by atoms with van der Waals surface area (Å²) in [5.41, 5.74) is -0.371. The second-order valence-electron chi connectivity index (χ2n) is 5.80. The zero-order chi connectivity index (χ0) is 18.3. The van der Waals surface area contributed by atoms with Gasteiger partial charge in [0.25, 0.3) is 0 Å². The van der Waals surface area contributed by atoms with Gasteiger partial charge in [-0.2, -0.15) is 0 Å². The molecule has 0 atom stereocenters. The predicted molar refractivity (Wildman–Crippen MR) is 90.3 cm³/mol. The van der Waals surface area contributed by atoms with E-state index in [1.165, 1.54) is 24.3 Å². The summed E-state index contributed by atoms with van der Waals surface area (Å²) in [5.74, 6) is -1.56. The van der Waals surface area contributed by atoms with Gasteiger partial charge in [0.15, 0.2) is 17.3 Å². The Kier molecular flexibility index (Phi) is 3.92. The fourth-order valence-electron chi connectivity index (χ4n) is 2.47. The highest BCUT2D eigenvalue weighted by molar-refractivity contribution is 5.88. The van der Waals surface area contributed by atoms with Crippen molar-refractivity contribution in [2.45, 2.75) is 20.0 Å². The third-order valence-electron chi connectivity index (χ3n) is 3.51. The number of hydrogen-bond acceptors (Lipinski definition) is 7. The summed E-state index contributed by atoms with van der Waals surface area (Å²) in [6.45, 7) is 3.44. The first-order valence-corrected chi connectivity index (χ1v) is 7.49. The van der Waals surface area contributed by atoms with Crippen molar-refractivity contribution in [1.29, 1.82) is 0 Å². The topological polar surface area (TPSA) is 120 Å². The van der Waals surface area contributed by atoms with E-state index in [4.69, 9.17) is 9.15 Å². The number of phenols is 4. The Morgan fingerprint density at radius 3 is 2.32 bits per heavy atom. The first-order valence-electron chi connectivity index (χ1n) is 7.49. The summed E-state index contributed by atoms with van der Waals surface area (Å²) in [6.07, 6.45) is -0.357. The normalized spacial score (nSPS) is 11.2. The first-order chi connectivity index (χ1) is 11.8. The van der Waals surface area contributed by atoms with Crippen LogP contribution in [-0.2, 0) is 0 Å². The van der Waals surface area contributed by atoms with E-state index in [0.29, 0.717) is 0 Å². The Labute approximate surface area is 142 Å². The molecule has 1 heterocycles. The highest BCUT2D eigenvalue weighted by Crippen LogP contribution is 2.38. The maximum absolute atomic E-state index is 12.8. The van der Waals surface area contributed by atoms with Crippen LogP contribution in [0.25, 0.3) is 22.3 Å². The van der Waals surface area contributed by atoms with E-state index >= 15 is 0 Å². The zero-order valence-corrected chi connectivity index (χ0v) is 13.5. The lowest BCUT2D eigenvalue weighted by Gasteiger charge is -2.14. The monoisotopic (exact) mass is 344 g/mol. The third-order valence-corrected chi connectivity index (χ3v) is 3.51. The van der Waals surface area contributed by atoms with Crippen LogP contribution in [0.4, 0.5) is 0 Å².